The minimum Gasteiger partial charge on any atom is -0.496 e. The highest BCUT2D eigenvalue weighted by Gasteiger charge is 2.04. The minimum absolute atomic E-state index is 0.239. The lowest BCUT2D eigenvalue weighted by atomic mass is 10.2. The summed E-state index contributed by atoms with van der Waals surface area (Å²) < 4.78 is 6.98. The van der Waals surface area contributed by atoms with E-state index < -0.39 is 0 Å². The zero-order chi connectivity index (χ0) is 15.2. The molecule has 21 heavy (non-hydrogen) atoms. The molecule has 0 unspecified atom stereocenters. The molecule has 0 aromatic heterocycles. The first-order valence-electron chi connectivity index (χ1n) is 6.02. The normalized spacial score (nSPS) is 10.6. The van der Waals surface area contributed by atoms with Crippen molar-refractivity contribution in [2.45, 2.75) is 0 Å². The molecule has 2 rings (SSSR count). The fourth-order valence-corrected chi connectivity index (χ4v) is 2.72. The van der Waals surface area contributed by atoms with Gasteiger partial charge < -0.3 is 4.74 Å². The van der Waals surface area contributed by atoms with E-state index in [9.17, 15) is 4.79 Å². The van der Waals surface area contributed by atoms with E-state index in [4.69, 9.17) is 4.74 Å². The third-order valence-corrected chi connectivity index (χ3v) is 3.93. The van der Waals surface area contributed by atoms with Crippen LogP contribution in [0.3, 0.4) is 0 Å². The standard InChI is InChI=1S/C15H12BrIN2O2/c1-21-14-6-5-10(7-13(14)16)9-18-19-15(20)11-3-2-4-12(17)8-11/h2-9H,1H3,(H,19,20)/b18-9-. The predicted octanol–water partition coefficient (Wildman–Crippen LogP) is 3.83. The van der Waals surface area contributed by atoms with E-state index in [1.807, 2.05) is 30.3 Å². The van der Waals surface area contributed by atoms with Crippen molar-refractivity contribution in [2.75, 3.05) is 7.11 Å². The van der Waals surface area contributed by atoms with Crippen LogP contribution in [0.2, 0.25) is 0 Å². The molecule has 0 aliphatic carbocycles. The molecular formula is C15H12BrIN2O2. The van der Waals surface area contributed by atoms with E-state index in [-0.39, 0.29) is 5.91 Å². The fourth-order valence-electron chi connectivity index (χ4n) is 1.62. The number of carbonyl (C=O) groups excluding carboxylic acids is 1. The lowest BCUT2D eigenvalue weighted by Crippen LogP contribution is -2.17. The summed E-state index contributed by atoms with van der Waals surface area (Å²) in [6, 6.07) is 12.8. The maximum Gasteiger partial charge on any atom is 0.271 e. The molecule has 6 heteroatoms. The van der Waals surface area contributed by atoms with Crippen LogP contribution in [0.15, 0.2) is 52.0 Å². The van der Waals surface area contributed by atoms with Crippen molar-refractivity contribution in [3.63, 3.8) is 0 Å². The Morgan fingerprint density at radius 3 is 2.81 bits per heavy atom. The Bertz CT molecular complexity index is 689. The number of rotatable bonds is 4. The maximum atomic E-state index is 11.9. The molecule has 0 saturated heterocycles. The minimum atomic E-state index is -0.239. The Balaban J connectivity index is 2.02. The second kappa shape index (κ2) is 7.56. The Morgan fingerprint density at radius 1 is 1.33 bits per heavy atom. The molecule has 0 fully saturated rings. The fraction of sp³-hybridized carbons (Fsp3) is 0.0667. The summed E-state index contributed by atoms with van der Waals surface area (Å²) in [6.07, 6.45) is 1.58. The number of methoxy groups -OCH3 is 1. The van der Waals surface area contributed by atoms with E-state index in [1.54, 1.807) is 25.5 Å². The van der Waals surface area contributed by atoms with Crippen LogP contribution in [0.25, 0.3) is 0 Å². The summed E-state index contributed by atoms with van der Waals surface area (Å²) in [5.41, 5.74) is 3.93. The highest BCUT2D eigenvalue weighted by molar-refractivity contribution is 14.1. The van der Waals surface area contributed by atoms with Gasteiger partial charge in [-0.05, 0) is 80.5 Å². The van der Waals surface area contributed by atoms with Gasteiger partial charge in [-0.3, -0.25) is 4.79 Å². The monoisotopic (exact) mass is 458 g/mol. The van der Waals surface area contributed by atoms with Crippen molar-refractivity contribution in [3.05, 3.63) is 61.6 Å². The van der Waals surface area contributed by atoms with Crippen molar-refractivity contribution in [1.82, 2.24) is 5.43 Å². The van der Waals surface area contributed by atoms with Crippen molar-refractivity contribution >= 4 is 50.6 Å². The van der Waals surface area contributed by atoms with Crippen molar-refractivity contribution in [3.8, 4) is 5.75 Å². The highest BCUT2D eigenvalue weighted by Crippen LogP contribution is 2.24. The van der Waals surface area contributed by atoms with Crippen LogP contribution in [0.1, 0.15) is 15.9 Å². The summed E-state index contributed by atoms with van der Waals surface area (Å²) in [7, 11) is 1.61. The number of carbonyl (C=O) groups is 1. The number of hydrogen-bond donors (Lipinski definition) is 1. The Labute approximate surface area is 144 Å². The van der Waals surface area contributed by atoms with Crippen LogP contribution in [0, 0.1) is 3.57 Å². The number of hydrogen-bond acceptors (Lipinski definition) is 3. The number of hydrazone groups is 1. The molecule has 108 valence electrons. The van der Waals surface area contributed by atoms with Crippen LogP contribution < -0.4 is 10.2 Å². The third-order valence-electron chi connectivity index (χ3n) is 2.64. The van der Waals surface area contributed by atoms with Gasteiger partial charge in [-0.1, -0.05) is 6.07 Å². The molecule has 0 aliphatic rings. The average Bonchev–Trinajstić information content (AvgIpc) is 2.47. The molecule has 0 atom stereocenters. The van der Waals surface area contributed by atoms with E-state index >= 15 is 0 Å². The van der Waals surface area contributed by atoms with Crippen molar-refractivity contribution in [1.29, 1.82) is 0 Å². The van der Waals surface area contributed by atoms with Crippen LogP contribution in [0.4, 0.5) is 0 Å². The summed E-state index contributed by atoms with van der Waals surface area (Å²) in [5.74, 6) is 0.507. The van der Waals surface area contributed by atoms with Crippen LogP contribution in [-0.2, 0) is 0 Å². The lowest BCUT2D eigenvalue weighted by Gasteiger charge is -2.03. The van der Waals surface area contributed by atoms with Gasteiger partial charge >= 0.3 is 0 Å². The molecule has 2 aromatic rings. The summed E-state index contributed by atoms with van der Waals surface area (Å²) in [4.78, 5) is 11.9. The van der Waals surface area contributed by atoms with Gasteiger partial charge in [0.15, 0.2) is 0 Å². The lowest BCUT2D eigenvalue weighted by molar-refractivity contribution is 0.0955. The summed E-state index contributed by atoms with van der Waals surface area (Å²) in [5, 5.41) is 3.96. The first-order chi connectivity index (χ1) is 10.1. The number of ether oxygens (including phenoxy) is 1. The van der Waals surface area contributed by atoms with Gasteiger partial charge in [0.2, 0.25) is 0 Å². The third kappa shape index (κ3) is 4.53. The van der Waals surface area contributed by atoms with Gasteiger partial charge in [-0.25, -0.2) is 5.43 Å². The molecule has 1 N–H and O–H groups in total. The molecule has 0 aliphatic heterocycles. The molecular weight excluding hydrogens is 447 g/mol. The SMILES string of the molecule is COc1ccc(/C=N\NC(=O)c2cccc(I)c2)cc1Br. The first-order valence-corrected chi connectivity index (χ1v) is 7.90. The molecule has 1 amide bonds. The van der Waals surface area contributed by atoms with E-state index in [1.165, 1.54) is 0 Å². The van der Waals surface area contributed by atoms with Crippen LogP contribution >= 0.6 is 38.5 Å². The molecule has 4 nitrogen and oxygen atoms in total. The number of halogens is 2. The number of nitrogens with zero attached hydrogens (tertiary/aromatic N) is 1. The zero-order valence-electron chi connectivity index (χ0n) is 11.1. The van der Waals surface area contributed by atoms with Crippen LogP contribution in [-0.4, -0.2) is 19.2 Å². The van der Waals surface area contributed by atoms with Gasteiger partial charge in [0.25, 0.3) is 5.91 Å². The predicted molar refractivity (Wildman–Crippen MR) is 94.9 cm³/mol. The molecule has 0 spiro atoms. The van der Waals surface area contributed by atoms with Crippen molar-refractivity contribution in [2.24, 2.45) is 5.10 Å². The second-order valence-corrected chi connectivity index (χ2v) is 6.20. The van der Waals surface area contributed by atoms with Gasteiger partial charge in [-0.15, -0.1) is 0 Å². The van der Waals surface area contributed by atoms with Gasteiger partial charge in [-0.2, -0.15) is 5.10 Å². The Morgan fingerprint density at radius 2 is 2.14 bits per heavy atom. The quantitative estimate of drug-likeness (QED) is 0.430. The molecule has 2 aromatic carbocycles. The van der Waals surface area contributed by atoms with E-state index in [0.717, 1.165) is 19.4 Å². The van der Waals surface area contributed by atoms with Gasteiger partial charge in [0.1, 0.15) is 5.75 Å². The van der Waals surface area contributed by atoms with Gasteiger partial charge in [0.05, 0.1) is 17.8 Å². The molecule has 0 bridgehead atoms. The summed E-state index contributed by atoms with van der Waals surface area (Å²) in [6.45, 7) is 0. The average molecular weight is 459 g/mol. The second-order valence-electron chi connectivity index (χ2n) is 4.10. The van der Waals surface area contributed by atoms with Gasteiger partial charge in [0, 0.05) is 9.13 Å². The Kier molecular flexibility index (Phi) is 5.75. The maximum absolute atomic E-state index is 11.9. The first kappa shape index (κ1) is 16.0. The number of benzene rings is 2. The smallest absolute Gasteiger partial charge is 0.271 e. The Hall–Kier alpha value is -1.41. The van der Waals surface area contributed by atoms with Crippen LogP contribution in [0.5, 0.6) is 5.75 Å². The molecule has 0 radical (unpaired) electrons. The highest BCUT2D eigenvalue weighted by atomic mass is 127. The summed E-state index contributed by atoms with van der Waals surface area (Å²) >= 11 is 5.56. The largest absolute Gasteiger partial charge is 0.496 e. The van der Waals surface area contributed by atoms with E-state index in [0.29, 0.717) is 5.56 Å². The number of amides is 1. The topological polar surface area (TPSA) is 50.7 Å². The zero-order valence-corrected chi connectivity index (χ0v) is 14.9. The number of nitrogens with one attached hydrogen (secondary N) is 1. The molecule has 0 saturated carbocycles. The van der Waals surface area contributed by atoms with Crippen molar-refractivity contribution < 1.29 is 9.53 Å². The molecule has 0 heterocycles. The van der Waals surface area contributed by atoms with E-state index in [2.05, 4.69) is 49.0 Å².